The lowest BCUT2D eigenvalue weighted by molar-refractivity contribution is 0.891. The molecule has 4 aromatic carbocycles. The molecule has 0 amide bonds. The normalized spacial score (nSPS) is 11.6. The van der Waals surface area contributed by atoms with Crippen molar-refractivity contribution in [1.29, 1.82) is 0 Å². The fraction of sp³-hybridized carbons (Fsp3) is 0.0370. The van der Waals surface area contributed by atoms with Crippen LogP contribution in [0.25, 0.3) is 22.5 Å². The van der Waals surface area contributed by atoms with Gasteiger partial charge in [-0.05, 0) is 27.8 Å². The predicted molar refractivity (Wildman–Crippen MR) is 123 cm³/mol. The summed E-state index contributed by atoms with van der Waals surface area (Å²) in [5.74, 6) is 0. The molecule has 0 aliphatic rings. The first kappa shape index (κ1) is 18.6. The van der Waals surface area contributed by atoms with Gasteiger partial charge in [0.15, 0.2) is 0 Å². The van der Waals surface area contributed by atoms with E-state index in [1.54, 1.807) is 0 Å². The molecule has 0 saturated heterocycles. The maximum atomic E-state index is 6.60. The van der Waals surface area contributed by atoms with E-state index in [2.05, 4.69) is 66.0 Å². The van der Waals surface area contributed by atoms with Crippen LogP contribution in [0.4, 0.5) is 0 Å². The van der Waals surface area contributed by atoms with Gasteiger partial charge in [-0.1, -0.05) is 115 Å². The van der Waals surface area contributed by atoms with E-state index < -0.39 is 0 Å². The standard InChI is InChI=1S/C27H24N2/c28-26(22-14-6-2-7-15-22)27(23-16-8-3-9-17-23)29-20-24-18-10-11-19-25(24)21-12-4-1-5-13-21/h1-19,29H,20,28H2/b27-26-. The lowest BCUT2D eigenvalue weighted by atomic mass is 9.99. The number of nitrogens with two attached hydrogens (primary N) is 1. The maximum absolute atomic E-state index is 6.60. The van der Waals surface area contributed by atoms with Gasteiger partial charge >= 0.3 is 0 Å². The van der Waals surface area contributed by atoms with E-state index in [4.69, 9.17) is 5.73 Å². The molecular formula is C27H24N2. The number of benzene rings is 4. The molecule has 0 radical (unpaired) electrons. The minimum Gasteiger partial charge on any atom is -0.397 e. The Balaban J connectivity index is 1.69. The quantitative estimate of drug-likeness (QED) is 0.409. The molecule has 3 N–H and O–H groups in total. The molecule has 0 aromatic heterocycles. The summed E-state index contributed by atoms with van der Waals surface area (Å²) >= 11 is 0. The lowest BCUT2D eigenvalue weighted by Gasteiger charge is -2.17. The fourth-order valence-electron chi connectivity index (χ4n) is 3.48. The third-order valence-electron chi connectivity index (χ3n) is 4.97. The van der Waals surface area contributed by atoms with Crippen LogP contribution in [-0.2, 0) is 6.54 Å². The maximum Gasteiger partial charge on any atom is 0.0656 e. The smallest absolute Gasteiger partial charge is 0.0656 e. The molecule has 0 unspecified atom stereocenters. The zero-order chi connectivity index (χ0) is 19.9. The van der Waals surface area contributed by atoms with Crippen molar-refractivity contribution in [2.45, 2.75) is 6.54 Å². The third kappa shape index (κ3) is 4.39. The first-order valence-corrected chi connectivity index (χ1v) is 9.81. The summed E-state index contributed by atoms with van der Waals surface area (Å²) in [7, 11) is 0. The minimum atomic E-state index is 0.683. The van der Waals surface area contributed by atoms with Crippen molar-refractivity contribution in [2.75, 3.05) is 0 Å². The molecule has 4 aromatic rings. The average molecular weight is 377 g/mol. The Kier molecular flexibility index (Phi) is 5.73. The Labute approximate surface area is 172 Å². The molecule has 0 heterocycles. The highest BCUT2D eigenvalue weighted by atomic mass is 14.9. The fourth-order valence-corrected chi connectivity index (χ4v) is 3.48. The molecule has 0 fully saturated rings. The average Bonchev–Trinajstić information content (AvgIpc) is 2.81. The van der Waals surface area contributed by atoms with Gasteiger partial charge in [0.05, 0.1) is 11.4 Å². The zero-order valence-corrected chi connectivity index (χ0v) is 16.3. The molecule has 2 heteroatoms. The van der Waals surface area contributed by atoms with E-state index >= 15 is 0 Å². The number of rotatable bonds is 6. The van der Waals surface area contributed by atoms with Crippen molar-refractivity contribution < 1.29 is 0 Å². The van der Waals surface area contributed by atoms with Gasteiger partial charge in [-0.25, -0.2) is 0 Å². The van der Waals surface area contributed by atoms with Crippen molar-refractivity contribution in [3.05, 3.63) is 132 Å². The lowest BCUT2D eigenvalue weighted by Crippen LogP contribution is -2.17. The Bertz CT molecular complexity index is 1080. The van der Waals surface area contributed by atoms with Gasteiger partial charge in [0.2, 0.25) is 0 Å². The summed E-state index contributed by atoms with van der Waals surface area (Å²) < 4.78 is 0. The Morgan fingerprint density at radius 1 is 0.586 bits per heavy atom. The number of hydrogen-bond donors (Lipinski definition) is 2. The van der Waals surface area contributed by atoms with Crippen molar-refractivity contribution >= 4 is 11.4 Å². The monoisotopic (exact) mass is 376 g/mol. The highest BCUT2D eigenvalue weighted by molar-refractivity contribution is 5.88. The second-order valence-electron chi connectivity index (χ2n) is 6.90. The van der Waals surface area contributed by atoms with Crippen LogP contribution in [0.3, 0.4) is 0 Å². The van der Waals surface area contributed by atoms with E-state index in [1.807, 2.05) is 54.6 Å². The van der Waals surface area contributed by atoms with Crippen LogP contribution >= 0.6 is 0 Å². The van der Waals surface area contributed by atoms with Gasteiger partial charge in [0.25, 0.3) is 0 Å². The molecular weight excluding hydrogens is 352 g/mol. The zero-order valence-electron chi connectivity index (χ0n) is 16.3. The Hall–Kier alpha value is -3.78. The van der Waals surface area contributed by atoms with Crippen LogP contribution in [-0.4, -0.2) is 0 Å². The summed E-state index contributed by atoms with van der Waals surface area (Å²) in [6.07, 6.45) is 0. The third-order valence-corrected chi connectivity index (χ3v) is 4.97. The van der Waals surface area contributed by atoms with E-state index in [0.29, 0.717) is 6.54 Å². The largest absolute Gasteiger partial charge is 0.397 e. The summed E-state index contributed by atoms with van der Waals surface area (Å²) in [4.78, 5) is 0. The first-order chi connectivity index (χ1) is 14.3. The van der Waals surface area contributed by atoms with Crippen molar-refractivity contribution in [3.8, 4) is 11.1 Å². The number of hydrogen-bond acceptors (Lipinski definition) is 2. The van der Waals surface area contributed by atoms with Gasteiger partial charge in [0.1, 0.15) is 0 Å². The van der Waals surface area contributed by atoms with Crippen molar-refractivity contribution in [1.82, 2.24) is 5.32 Å². The number of nitrogens with one attached hydrogen (secondary N) is 1. The Morgan fingerprint density at radius 3 is 1.76 bits per heavy atom. The van der Waals surface area contributed by atoms with Crippen LogP contribution < -0.4 is 11.1 Å². The first-order valence-electron chi connectivity index (χ1n) is 9.81. The second kappa shape index (κ2) is 8.94. The molecule has 0 aliphatic carbocycles. The van der Waals surface area contributed by atoms with Gasteiger partial charge in [-0.3, -0.25) is 0 Å². The van der Waals surface area contributed by atoms with Crippen molar-refractivity contribution in [2.24, 2.45) is 5.73 Å². The van der Waals surface area contributed by atoms with E-state index in [1.165, 1.54) is 16.7 Å². The van der Waals surface area contributed by atoms with Gasteiger partial charge in [0, 0.05) is 6.54 Å². The van der Waals surface area contributed by atoms with Crippen LogP contribution in [0.5, 0.6) is 0 Å². The van der Waals surface area contributed by atoms with Gasteiger partial charge in [-0.2, -0.15) is 0 Å². The molecule has 0 atom stereocenters. The molecule has 0 aliphatic heterocycles. The molecule has 0 saturated carbocycles. The van der Waals surface area contributed by atoms with Crippen LogP contribution in [0.15, 0.2) is 115 Å². The topological polar surface area (TPSA) is 38.0 Å². The van der Waals surface area contributed by atoms with Crippen molar-refractivity contribution in [3.63, 3.8) is 0 Å². The summed E-state index contributed by atoms with van der Waals surface area (Å²) in [5.41, 5.74) is 14.0. The molecule has 142 valence electrons. The molecule has 0 bridgehead atoms. The molecule has 2 nitrogen and oxygen atoms in total. The van der Waals surface area contributed by atoms with E-state index in [-0.39, 0.29) is 0 Å². The summed E-state index contributed by atoms with van der Waals surface area (Å²) in [6, 6.07) is 39.3. The minimum absolute atomic E-state index is 0.683. The summed E-state index contributed by atoms with van der Waals surface area (Å²) in [6.45, 7) is 0.683. The summed E-state index contributed by atoms with van der Waals surface area (Å²) in [5, 5.41) is 3.62. The predicted octanol–water partition coefficient (Wildman–Crippen LogP) is 5.93. The van der Waals surface area contributed by atoms with Crippen LogP contribution in [0.1, 0.15) is 16.7 Å². The Morgan fingerprint density at radius 2 is 1.10 bits per heavy atom. The van der Waals surface area contributed by atoms with E-state index in [0.717, 1.165) is 22.5 Å². The molecule has 29 heavy (non-hydrogen) atoms. The van der Waals surface area contributed by atoms with Gasteiger partial charge < -0.3 is 11.1 Å². The van der Waals surface area contributed by atoms with Crippen LogP contribution in [0, 0.1) is 0 Å². The molecule has 0 spiro atoms. The van der Waals surface area contributed by atoms with E-state index in [9.17, 15) is 0 Å². The highest BCUT2D eigenvalue weighted by Crippen LogP contribution is 2.25. The second-order valence-corrected chi connectivity index (χ2v) is 6.90. The molecule has 4 rings (SSSR count). The van der Waals surface area contributed by atoms with Crippen LogP contribution in [0.2, 0.25) is 0 Å². The SMILES string of the molecule is N/C(=C(\NCc1ccccc1-c1ccccc1)c1ccccc1)c1ccccc1. The highest BCUT2D eigenvalue weighted by Gasteiger charge is 2.10. The van der Waals surface area contributed by atoms with Gasteiger partial charge in [-0.15, -0.1) is 0 Å².